The summed E-state index contributed by atoms with van der Waals surface area (Å²) >= 11 is 0. The first-order valence-electron chi connectivity index (χ1n) is 6.97. The summed E-state index contributed by atoms with van der Waals surface area (Å²) in [5.41, 5.74) is 1.18. The van der Waals surface area contributed by atoms with Gasteiger partial charge in [0.15, 0.2) is 0 Å². The van der Waals surface area contributed by atoms with Crippen LogP contribution in [0.5, 0.6) is 0 Å². The summed E-state index contributed by atoms with van der Waals surface area (Å²) in [4.78, 5) is 41.6. The summed E-state index contributed by atoms with van der Waals surface area (Å²) in [5, 5.41) is 0.529. The van der Waals surface area contributed by atoms with E-state index in [1.807, 2.05) is 0 Å². The first-order chi connectivity index (χ1) is 10.5. The third kappa shape index (κ3) is 2.21. The number of rotatable bonds is 3. The van der Waals surface area contributed by atoms with E-state index in [0.29, 0.717) is 23.7 Å². The highest BCUT2D eigenvalue weighted by molar-refractivity contribution is 6.20. The molecule has 2 aliphatic heterocycles. The van der Waals surface area contributed by atoms with Crippen molar-refractivity contribution < 1.29 is 24.0 Å². The molecule has 1 aromatic carbocycles. The molecule has 0 radical (unpaired) electrons. The molecule has 0 unspecified atom stereocenters. The van der Waals surface area contributed by atoms with E-state index in [2.05, 4.69) is 6.58 Å². The molecule has 0 N–H and O–H groups in total. The molecule has 0 saturated carbocycles. The van der Waals surface area contributed by atoms with Gasteiger partial charge in [0.05, 0.1) is 23.1 Å². The van der Waals surface area contributed by atoms with Crippen LogP contribution in [-0.4, -0.2) is 35.6 Å². The molecular weight excluding hydrogens is 286 g/mol. The minimum atomic E-state index is -0.653. The maximum absolute atomic E-state index is 12.3. The molecule has 0 aromatic heterocycles. The molecule has 114 valence electrons. The van der Waals surface area contributed by atoms with Crippen LogP contribution in [0.15, 0.2) is 36.4 Å². The highest BCUT2D eigenvalue weighted by Gasteiger charge is 2.42. The number of fused-ring (bicyclic) bond motifs is 1. The summed E-state index contributed by atoms with van der Waals surface area (Å²) in [5.74, 6) is -2.46. The largest absolute Gasteiger partial charge is 0.373 e. The average molecular weight is 301 g/mol. The lowest BCUT2D eigenvalue weighted by molar-refractivity contribution is -0.174. The Morgan fingerprint density at radius 2 is 1.86 bits per heavy atom. The molecule has 0 bridgehead atoms. The SMILES string of the molecule is C=C(C)[C@H]1OCC[C@H]1C(=O)ON1C(=O)c2ccccc2C1=O. The van der Waals surface area contributed by atoms with Gasteiger partial charge < -0.3 is 9.57 Å². The van der Waals surface area contributed by atoms with Gasteiger partial charge in [0, 0.05) is 6.61 Å². The quantitative estimate of drug-likeness (QED) is 0.628. The van der Waals surface area contributed by atoms with Crippen molar-refractivity contribution in [2.45, 2.75) is 19.4 Å². The molecule has 1 fully saturated rings. The normalized spacial score (nSPS) is 23.6. The summed E-state index contributed by atoms with van der Waals surface area (Å²) in [6.07, 6.45) is 0.0298. The number of carbonyl (C=O) groups is 3. The zero-order valence-electron chi connectivity index (χ0n) is 12.1. The standard InChI is InChI=1S/C16H15NO5/c1-9(2)13-12(7-8-21-13)16(20)22-17-14(18)10-5-3-4-6-11(10)15(17)19/h3-6,12-13H,1,7-8H2,2H3/t12-,13-/m1/s1. The lowest BCUT2D eigenvalue weighted by Crippen LogP contribution is -2.37. The van der Waals surface area contributed by atoms with Crippen LogP contribution in [0.3, 0.4) is 0 Å². The fourth-order valence-electron chi connectivity index (χ4n) is 2.72. The van der Waals surface area contributed by atoms with Gasteiger partial charge in [-0.2, -0.15) is 0 Å². The second kappa shape index (κ2) is 5.38. The predicted molar refractivity (Wildman–Crippen MR) is 75.7 cm³/mol. The Hall–Kier alpha value is -2.47. The Morgan fingerprint density at radius 3 is 2.41 bits per heavy atom. The zero-order valence-corrected chi connectivity index (χ0v) is 12.1. The van der Waals surface area contributed by atoms with Crippen LogP contribution in [-0.2, 0) is 14.4 Å². The van der Waals surface area contributed by atoms with Crippen LogP contribution < -0.4 is 0 Å². The van der Waals surface area contributed by atoms with Gasteiger partial charge in [-0.1, -0.05) is 29.3 Å². The van der Waals surface area contributed by atoms with Crippen molar-refractivity contribution >= 4 is 17.8 Å². The van der Waals surface area contributed by atoms with E-state index < -0.39 is 29.8 Å². The number of hydroxylamine groups is 2. The van der Waals surface area contributed by atoms with Crippen LogP contribution >= 0.6 is 0 Å². The number of hydrogen-bond acceptors (Lipinski definition) is 5. The Bertz CT molecular complexity index is 646. The Labute approximate surface area is 127 Å². The van der Waals surface area contributed by atoms with Gasteiger partial charge in [-0.25, -0.2) is 4.79 Å². The fourth-order valence-corrected chi connectivity index (χ4v) is 2.72. The lowest BCUT2D eigenvalue weighted by Gasteiger charge is -2.19. The Balaban J connectivity index is 1.77. The third-order valence-corrected chi connectivity index (χ3v) is 3.82. The van der Waals surface area contributed by atoms with Crippen LogP contribution in [0, 0.1) is 5.92 Å². The maximum atomic E-state index is 12.3. The molecule has 6 nitrogen and oxygen atoms in total. The molecule has 2 atom stereocenters. The first-order valence-corrected chi connectivity index (χ1v) is 6.97. The molecule has 22 heavy (non-hydrogen) atoms. The smallest absolute Gasteiger partial charge is 0.339 e. The van der Waals surface area contributed by atoms with Crippen molar-refractivity contribution in [1.29, 1.82) is 0 Å². The van der Waals surface area contributed by atoms with Gasteiger partial charge in [-0.15, -0.1) is 0 Å². The molecule has 2 aliphatic rings. The van der Waals surface area contributed by atoms with Gasteiger partial charge in [0.2, 0.25) is 0 Å². The highest BCUT2D eigenvalue weighted by Crippen LogP contribution is 2.29. The van der Waals surface area contributed by atoms with Crippen molar-refractivity contribution in [1.82, 2.24) is 5.06 Å². The average Bonchev–Trinajstić information content (AvgIpc) is 3.08. The molecule has 6 heteroatoms. The van der Waals surface area contributed by atoms with Crippen molar-refractivity contribution in [2.75, 3.05) is 6.61 Å². The molecule has 2 amide bonds. The highest BCUT2D eigenvalue weighted by atomic mass is 16.7. The van der Waals surface area contributed by atoms with Crippen LogP contribution in [0.4, 0.5) is 0 Å². The van der Waals surface area contributed by atoms with Crippen LogP contribution in [0.1, 0.15) is 34.1 Å². The Morgan fingerprint density at radius 1 is 1.27 bits per heavy atom. The molecule has 1 saturated heterocycles. The number of hydrogen-bond donors (Lipinski definition) is 0. The maximum Gasteiger partial charge on any atom is 0.339 e. The predicted octanol–water partition coefficient (Wildman–Crippen LogP) is 1.72. The fraction of sp³-hybridized carbons (Fsp3) is 0.312. The summed E-state index contributed by atoms with van der Waals surface area (Å²) in [6.45, 7) is 5.96. The number of carbonyl (C=O) groups excluding carboxylic acids is 3. The van der Waals surface area contributed by atoms with Gasteiger partial charge in [-0.3, -0.25) is 9.59 Å². The Kier molecular flexibility index (Phi) is 3.54. The number of imide groups is 1. The van der Waals surface area contributed by atoms with E-state index in [-0.39, 0.29) is 11.1 Å². The lowest BCUT2D eigenvalue weighted by atomic mass is 9.97. The first kappa shape index (κ1) is 14.5. The molecule has 2 heterocycles. The second-order valence-electron chi connectivity index (χ2n) is 5.39. The topological polar surface area (TPSA) is 72.9 Å². The second-order valence-corrected chi connectivity index (χ2v) is 5.39. The van der Waals surface area contributed by atoms with Crippen molar-refractivity contribution in [3.63, 3.8) is 0 Å². The minimum absolute atomic E-state index is 0.236. The zero-order chi connectivity index (χ0) is 15.9. The van der Waals surface area contributed by atoms with E-state index in [1.165, 1.54) is 12.1 Å². The van der Waals surface area contributed by atoms with E-state index in [4.69, 9.17) is 9.57 Å². The van der Waals surface area contributed by atoms with Crippen molar-refractivity contribution in [3.8, 4) is 0 Å². The van der Waals surface area contributed by atoms with E-state index >= 15 is 0 Å². The number of ether oxygens (including phenoxy) is 1. The summed E-state index contributed by atoms with van der Waals surface area (Å²) in [6, 6.07) is 6.35. The third-order valence-electron chi connectivity index (χ3n) is 3.82. The van der Waals surface area contributed by atoms with E-state index in [0.717, 1.165) is 0 Å². The molecule has 3 rings (SSSR count). The van der Waals surface area contributed by atoms with Gasteiger partial charge in [0.25, 0.3) is 11.8 Å². The molecule has 1 aromatic rings. The van der Waals surface area contributed by atoms with Crippen molar-refractivity contribution in [2.24, 2.45) is 5.92 Å². The van der Waals surface area contributed by atoms with Gasteiger partial charge >= 0.3 is 5.97 Å². The van der Waals surface area contributed by atoms with Crippen LogP contribution in [0.2, 0.25) is 0 Å². The van der Waals surface area contributed by atoms with Gasteiger partial charge in [-0.05, 0) is 25.5 Å². The summed E-state index contributed by atoms with van der Waals surface area (Å²) < 4.78 is 5.44. The summed E-state index contributed by atoms with van der Waals surface area (Å²) in [7, 11) is 0. The van der Waals surface area contributed by atoms with E-state index in [1.54, 1.807) is 19.1 Å². The van der Waals surface area contributed by atoms with Gasteiger partial charge in [0.1, 0.15) is 0 Å². The van der Waals surface area contributed by atoms with Crippen LogP contribution in [0.25, 0.3) is 0 Å². The molecular formula is C16H15NO5. The van der Waals surface area contributed by atoms with Crippen molar-refractivity contribution in [3.05, 3.63) is 47.5 Å². The molecule has 0 spiro atoms. The molecule has 0 aliphatic carbocycles. The minimum Gasteiger partial charge on any atom is -0.373 e. The number of nitrogens with zero attached hydrogens (tertiary/aromatic N) is 1. The monoisotopic (exact) mass is 301 g/mol. The number of amides is 2. The number of benzene rings is 1. The van der Waals surface area contributed by atoms with E-state index in [9.17, 15) is 14.4 Å².